The molecule has 0 saturated carbocycles. The molecule has 1 aliphatic rings. The minimum atomic E-state index is -0.178. The summed E-state index contributed by atoms with van der Waals surface area (Å²) in [6.45, 7) is 1.49. The van der Waals surface area contributed by atoms with Gasteiger partial charge in [0.15, 0.2) is 0 Å². The van der Waals surface area contributed by atoms with Crippen molar-refractivity contribution in [1.29, 1.82) is 0 Å². The van der Waals surface area contributed by atoms with Crippen LogP contribution in [0.5, 0.6) is 0 Å². The Hall–Kier alpha value is -2.14. The molecule has 0 fully saturated rings. The Morgan fingerprint density at radius 2 is 2.00 bits per heavy atom. The minimum absolute atomic E-state index is 0.112. The molecule has 3 rings (SSSR count). The maximum atomic E-state index is 12.1. The molecule has 4 nitrogen and oxygen atoms in total. The lowest BCUT2D eigenvalue weighted by Gasteiger charge is -2.20. The van der Waals surface area contributed by atoms with Gasteiger partial charge in [-0.1, -0.05) is 12.1 Å². The molecule has 1 N–H and O–H groups in total. The van der Waals surface area contributed by atoms with Crippen molar-refractivity contribution < 1.29 is 9.59 Å². The molecule has 1 aliphatic heterocycles. The highest BCUT2D eigenvalue weighted by atomic mass is 32.1. The fourth-order valence-corrected chi connectivity index (χ4v) is 2.86. The molecule has 1 aromatic heterocycles. The Balaban J connectivity index is 2.30. The molecule has 2 heterocycles. The van der Waals surface area contributed by atoms with Gasteiger partial charge in [0.25, 0.3) is 5.91 Å². The molecular formula is C13H10N2O2S. The highest BCUT2D eigenvalue weighted by Gasteiger charge is 2.27. The van der Waals surface area contributed by atoms with Crippen LogP contribution in [0.1, 0.15) is 17.3 Å². The molecule has 5 heteroatoms. The number of anilines is 3. The van der Waals surface area contributed by atoms with Gasteiger partial charge in [-0.25, -0.2) is 0 Å². The number of hydrogen-bond acceptors (Lipinski definition) is 3. The van der Waals surface area contributed by atoms with E-state index in [2.05, 4.69) is 5.32 Å². The molecule has 2 aromatic rings. The second kappa shape index (κ2) is 3.96. The van der Waals surface area contributed by atoms with Gasteiger partial charge in [-0.05, 0) is 12.1 Å². The van der Waals surface area contributed by atoms with E-state index in [9.17, 15) is 9.59 Å². The Labute approximate surface area is 108 Å². The van der Waals surface area contributed by atoms with Crippen LogP contribution in [0.2, 0.25) is 0 Å². The molecule has 2 amide bonds. The SMILES string of the molecule is CC(=O)N1c2ccccc2NC(=O)c2cscc21. The number of thiophene rings is 1. The minimum Gasteiger partial charge on any atom is -0.320 e. The highest BCUT2D eigenvalue weighted by molar-refractivity contribution is 7.08. The fourth-order valence-electron chi connectivity index (χ4n) is 2.07. The maximum absolute atomic E-state index is 12.1. The lowest BCUT2D eigenvalue weighted by atomic mass is 10.2. The number of carbonyl (C=O) groups is 2. The summed E-state index contributed by atoms with van der Waals surface area (Å²) >= 11 is 1.41. The Morgan fingerprint density at radius 3 is 2.78 bits per heavy atom. The first-order valence-corrected chi connectivity index (χ1v) is 6.40. The average molecular weight is 258 g/mol. The lowest BCUT2D eigenvalue weighted by Crippen LogP contribution is -2.22. The van der Waals surface area contributed by atoms with Crippen LogP contribution in [0.25, 0.3) is 0 Å². The molecule has 0 saturated heterocycles. The molecule has 0 unspecified atom stereocenters. The number of para-hydroxylation sites is 2. The van der Waals surface area contributed by atoms with Crippen molar-refractivity contribution in [2.45, 2.75) is 6.92 Å². The normalized spacial score (nSPS) is 13.4. The average Bonchev–Trinajstić information content (AvgIpc) is 2.76. The van der Waals surface area contributed by atoms with Crippen LogP contribution in [-0.4, -0.2) is 11.8 Å². The van der Waals surface area contributed by atoms with E-state index in [0.717, 1.165) is 0 Å². The van der Waals surface area contributed by atoms with Gasteiger partial charge in [0, 0.05) is 17.7 Å². The largest absolute Gasteiger partial charge is 0.320 e. The molecule has 0 atom stereocenters. The van der Waals surface area contributed by atoms with Gasteiger partial charge in [0.05, 0.1) is 22.6 Å². The number of hydrogen-bond donors (Lipinski definition) is 1. The van der Waals surface area contributed by atoms with Crippen molar-refractivity contribution in [1.82, 2.24) is 0 Å². The summed E-state index contributed by atoms with van der Waals surface area (Å²) in [6, 6.07) is 7.29. The van der Waals surface area contributed by atoms with E-state index in [1.54, 1.807) is 16.3 Å². The van der Waals surface area contributed by atoms with Crippen LogP contribution in [0, 0.1) is 0 Å². The second-order valence-electron chi connectivity index (χ2n) is 4.00. The highest BCUT2D eigenvalue weighted by Crippen LogP contribution is 2.39. The third kappa shape index (κ3) is 1.52. The van der Waals surface area contributed by atoms with Crippen molar-refractivity contribution in [2.75, 3.05) is 10.2 Å². The monoisotopic (exact) mass is 258 g/mol. The summed E-state index contributed by atoms with van der Waals surface area (Å²) in [5, 5.41) is 6.40. The smallest absolute Gasteiger partial charge is 0.258 e. The Kier molecular flexibility index (Phi) is 2.41. The van der Waals surface area contributed by atoms with Crippen LogP contribution in [0.4, 0.5) is 17.1 Å². The third-order valence-electron chi connectivity index (χ3n) is 2.84. The zero-order valence-electron chi connectivity index (χ0n) is 9.64. The number of benzene rings is 1. The van der Waals surface area contributed by atoms with Gasteiger partial charge in [-0.2, -0.15) is 0 Å². The Morgan fingerprint density at radius 1 is 1.22 bits per heavy atom. The molecule has 0 radical (unpaired) electrons. The summed E-state index contributed by atoms with van der Waals surface area (Å²) < 4.78 is 0. The summed E-state index contributed by atoms with van der Waals surface area (Å²) in [5.41, 5.74) is 2.54. The number of nitrogens with one attached hydrogen (secondary N) is 1. The van der Waals surface area contributed by atoms with Crippen LogP contribution in [0.15, 0.2) is 35.0 Å². The Bertz CT molecular complexity index is 648. The van der Waals surface area contributed by atoms with E-state index in [4.69, 9.17) is 0 Å². The van der Waals surface area contributed by atoms with E-state index in [0.29, 0.717) is 22.6 Å². The number of carbonyl (C=O) groups excluding carboxylic acids is 2. The van der Waals surface area contributed by atoms with Crippen molar-refractivity contribution in [3.05, 3.63) is 40.6 Å². The summed E-state index contributed by atoms with van der Waals surface area (Å²) in [7, 11) is 0. The topological polar surface area (TPSA) is 49.4 Å². The molecule has 90 valence electrons. The molecule has 1 aromatic carbocycles. The lowest BCUT2D eigenvalue weighted by molar-refractivity contribution is -0.115. The molecule has 0 bridgehead atoms. The third-order valence-corrected chi connectivity index (χ3v) is 3.57. The first-order valence-electron chi connectivity index (χ1n) is 5.46. The van der Waals surface area contributed by atoms with E-state index in [-0.39, 0.29) is 11.8 Å². The summed E-state index contributed by atoms with van der Waals surface area (Å²) in [5.74, 6) is -0.291. The van der Waals surface area contributed by atoms with Crippen molar-refractivity contribution in [3.8, 4) is 0 Å². The van der Waals surface area contributed by atoms with Gasteiger partial charge >= 0.3 is 0 Å². The van der Waals surface area contributed by atoms with E-state index in [1.807, 2.05) is 23.6 Å². The number of amides is 2. The zero-order valence-corrected chi connectivity index (χ0v) is 10.5. The molecule has 0 aliphatic carbocycles. The molecular weight excluding hydrogens is 248 g/mol. The molecule has 18 heavy (non-hydrogen) atoms. The predicted molar refractivity (Wildman–Crippen MR) is 71.5 cm³/mol. The van der Waals surface area contributed by atoms with E-state index in [1.165, 1.54) is 18.3 Å². The van der Waals surface area contributed by atoms with Crippen LogP contribution >= 0.6 is 11.3 Å². The summed E-state index contributed by atoms with van der Waals surface area (Å²) in [6.07, 6.45) is 0. The van der Waals surface area contributed by atoms with Crippen molar-refractivity contribution in [2.24, 2.45) is 0 Å². The van der Waals surface area contributed by atoms with Gasteiger partial charge in [-0.15, -0.1) is 11.3 Å². The predicted octanol–water partition coefficient (Wildman–Crippen LogP) is 3.00. The standard InChI is InChI=1S/C13H10N2O2S/c1-8(16)15-11-5-3-2-4-10(11)14-13(17)9-6-18-7-12(9)15/h2-7H,1H3,(H,14,17). The fraction of sp³-hybridized carbons (Fsp3) is 0.0769. The quantitative estimate of drug-likeness (QED) is 0.789. The van der Waals surface area contributed by atoms with Crippen LogP contribution < -0.4 is 10.2 Å². The number of rotatable bonds is 0. The first-order chi connectivity index (χ1) is 8.68. The number of fused-ring (bicyclic) bond motifs is 2. The summed E-state index contributed by atoms with van der Waals surface area (Å²) in [4.78, 5) is 25.5. The number of nitrogens with zero attached hydrogens (tertiary/aromatic N) is 1. The van der Waals surface area contributed by atoms with Crippen molar-refractivity contribution in [3.63, 3.8) is 0 Å². The van der Waals surface area contributed by atoms with Gasteiger partial charge in [0.2, 0.25) is 5.91 Å². The van der Waals surface area contributed by atoms with E-state index < -0.39 is 0 Å². The van der Waals surface area contributed by atoms with E-state index >= 15 is 0 Å². The van der Waals surface area contributed by atoms with Crippen LogP contribution in [0.3, 0.4) is 0 Å². The van der Waals surface area contributed by atoms with Crippen LogP contribution in [-0.2, 0) is 4.79 Å². The second-order valence-corrected chi connectivity index (χ2v) is 4.74. The van der Waals surface area contributed by atoms with Gasteiger partial charge < -0.3 is 5.32 Å². The zero-order chi connectivity index (χ0) is 12.7. The maximum Gasteiger partial charge on any atom is 0.258 e. The van der Waals surface area contributed by atoms with Gasteiger partial charge in [0.1, 0.15) is 0 Å². The molecule has 0 spiro atoms. The first kappa shape index (κ1) is 11.0. The van der Waals surface area contributed by atoms with Crippen molar-refractivity contribution >= 4 is 40.2 Å². The van der Waals surface area contributed by atoms with Gasteiger partial charge in [-0.3, -0.25) is 14.5 Å².